The van der Waals surface area contributed by atoms with Crippen LogP contribution in [0.3, 0.4) is 0 Å². The molecule has 0 bridgehead atoms. The molecule has 2 saturated heterocycles. The van der Waals surface area contributed by atoms with Crippen molar-refractivity contribution < 1.29 is 31.8 Å². The van der Waals surface area contributed by atoms with Gasteiger partial charge in [-0.25, -0.2) is 18.9 Å². The fourth-order valence-electron chi connectivity index (χ4n) is 5.21. The molecule has 42 heavy (non-hydrogen) atoms. The first-order valence-electron chi connectivity index (χ1n) is 13.0. The summed E-state index contributed by atoms with van der Waals surface area (Å²) in [5.41, 5.74) is -0.202. The number of nitrogens with one attached hydrogen (secondary N) is 2. The summed E-state index contributed by atoms with van der Waals surface area (Å²) in [5, 5.41) is 6.86. The lowest BCUT2D eigenvalue weighted by atomic mass is 10.1. The van der Waals surface area contributed by atoms with Gasteiger partial charge in [0.2, 0.25) is 0 Å². The Balaban J connectivity index is 1.11. The fraction of sp³-hybridized carbons (Fsp3) is 0.250. The molecule has 2 aliphatic rings. The number of alkyl halides is 3. The van der Waals surface area contributed by atoms with Crippen molar-refractivity contribution >= 4 is 16.9 Å². The number of aromatic amines is 1. The van der Waals surface area contributed by atoms with Crippen molar-refractivity contribution in [3.8, 4) is 17.2 Å². The van der Waals surface area contributed by atoms with Crippen LogP contribution in [0.1, 0.15) is 29.8 Å². The lowest BCUT2D eigenvalue weighted by Crippen LogP contribution is -2.22. The number of imidazole rings is 1. The molecule has 2 fully saturated rings. The maximum atomic E-state index is 15.2. The number of fused-ring (bicyclic) bond motifs is 1. The van der Waals surface area contributed by atoms with Gasteiger partial charge < -0.3 is 19.5 Å². The molecule has 2 aliphatic heterocycles. The first-order valence-corrected chi connectivity index (χ1v) is 13.0. The third-order valence-corrected chi connectivity index (χ3v) is 7.17. The summed E-state index contributed by atoms with van der Waals surface area (Å²) in [5.74, 6) is -0.623. The molecule has 3 atom stereocenters. The normalized spacial score (nSPS) is 20.2. The van der Waals surface area contributed by atoms with Crippen molar-refractivity contribution in [1.29, 1.82) is 0 Å². The van der Waals surface area contributed by atoms with Gasteiger partial charge in [-0.1, -0.05) is 18.2 Å². The van der Waals surface area contributed by atoms with Crippen LogP contribution in [0.15, 0.2) is 71.8 Å². The van der Waals surface area contributed by atoms with Gasteiger partial charge in [-0.05, 0) is 30.7 Å². The highest BCUT2D eigenvalue weighted by molar-refractivity contribution is 5.79. The second kappa shape index (κ2) is 9.99. The van der Waals surface area contributed by atoms with E-state index >= 15 is 4.39 Å². The summed E-state index contributed by atoms with van der Waals surface area (Å²) in [6.45, 7) is 0.874. The van der Waals surface area contributed by atoms with Crippen molar-refractivity contribution in [2.24, 2.45) is 0 Å². The molecule has 3 aromatic heterocycles. The number of aromatic nitrogens is 5. The van der Waals surface area contributed by atoms with Gasteiger partial charge in [-0.15, -0.1) is 0 Å². The largest absolute Gasteiger partial charge is 0.452 e. The molecule has 3 unspecified atom stereocenters. The number of hydrogen-bond donors (Lipinski definition) is 2. The molecule has 0 radical (unpaired) electrons. The Bertz CT molecular complexity index is 1830. The van der Waals surface area contributed by atoms with Crippen LogP contribution in [0.5, 0.6) is 11.5 Å². The number of nitrogens with zero attached hydrogens (tertiary/aromatic N) is 4. The average Bonchev–Trinajstić information content (AvgIpc) is 3.32. The molecule has 0 aliphatic carbocycles. The van der Waals surface area contributed by atoms with Crippen LogP contribution in [-0.4, -0.2) is 43.8 Å². The number of rotatable bonds is 7. The van der Waals surface area contributed by atoms with E-state index in [4.69, 9.17) is 14.2 Å². The first-order chi connectivity index (χ1) is 20.3. The number of hydrogen-bond acceptors (Lipinski definition) is 7. The summed E-state index contributed by atoms with van der Waals surface area (Å²) in [4.78, 5) is 19.5. The minimum absolute atomic E-state index is 0.118. The zero-order valence-corrected chi connectivity index (χ0v) is 21.6. The fourth-order valence-corrected chi connectivity index (χ4v) is 5.21. The predicted octanol–water partition coefficient (Wildman–Crippen LogP) is 5.33. The van der Waals surface area contributed by atoms with Gasteiger partial charge in [0.25, 0.3) is 0 Å². The molecule has 216 valence electrons. The van der Waals surface area contributed by atoms with Crippen LogP contribution in [0.25, 0.3) is 16.9 Å². The number of benzene rings is 2. The quantitative estimate of drug-likeness (QED) is 0.197. The SMILES string of the molecule is O=c1[nH]c2nccc(Oc3ccc(NC4OC4c4cnn(-c5ccccc5)c4C(F)(F)F)cc3F)c2n1C1CCOC1. The van der Waals surface area contributed by atoms with E-state index in [2.05, 4.69) is 20.4 Å². The van der Waals surface area contributed by atoms with Gasteiger partial charge in [0, 0.05) is 36.2 Å². The first kappa shape index (κ1) is 26.2. The van der Waals surface area contributed by atoms with Gasteiger partial charge >= 0.3 is 11.9 Å². The number of H-pyrrole nitrogens is 1. The monoisotopic (exact) mass is 582 g/mol. The Kier molecular flexibility index (Phi) is 6.24. The number of ether oxygens (including phenoxy) is 3. The zero-order chi connectivity index (χ0) is 29.0. The predicted molar refractivity (Wildman–Crippen MR) is 141 cm³/mol. The Morgan fingerprint density at radius 1 is 1.10 bits per heavy atom. The van der Waals surface area contributed by atoms with E-state index in [0.717, 1.165) is 16.9 Å². The average molecular weight is 583 g/mol. The van der Waals surface area contributed by atoms with E-state index < -0.39 is 30.0 Å². The number of epoxide rings is 1. The van der Waals surface area contributed by atoms with Crippen LogP contribution >= 0.6 is 0 Å². The van der Waals surface area contributed by atoms with Crippen molar-refractivity contribution in [2.75, 3.05) is 18.5 Å². The van der Waals surface area contributed by atoms with Crippen LogP contribution in [0.4, 0.5) is 23.2 Å². The van der Waals surface area contributed by atoms with Gasteiger partial charge in [0.1, 0.15) is 11.6 Å². The van der Waals surface area contributed by atoms with Gasteiger partial charge in [-0.3, -0.25) is 9.55 Å². The van der Waals surface area contributed by atoms with Gasteiger partial charge in [0.15, 0.2) is 34.9 Å². The molecular weight excluding hydrogens is 560 g/mol. The molecule has 2 N–H and O–H groups in total. The number of halogens is 4. The van der Waals surface area contributed by atoms with E-state index in [1.165, 1.54) is 41.1 Å². The Morgan fingerprint density at radius 3 is 2.67 bits per heavy atom. The smallest absolute Gasteiger partial charge is 0.433 e. The molecule has 10 nitrogen and oxygen atoms in total. The maximum Gasteiger partial charge on any atom is 0.433 e. The third-order valence-electron chi connectivity index (χ3n) is 7.17. The minimum Gasteiger partial charge on any atom is -0.452 e. The topological polar surface area (TPSA) is 112 Å². The summed E-state index contributed by atoms with van der Waals surface area (Å²) in [6, 6.07) is 13.4. The Labute approximate surface area is 234 Å². The zero-order valence-electron chi connectivity index (χ0n) is 21.6. The van der Waals surface area contributed by atoms with Crippen molar-refractivity contribution in [2.45, 2.75) is 31.0 Å². The van der Waals surface area contributed by atoms with Crippen LogP contribution in [0, 0.1) is 5.82 Å². The van der Waals surface area contributed by atoms with Crippen LogP contribution in [0.2, 0.25) is 0 Å². The minimum atomic E-state index is -4.68. The highest BCUT2D eigenvalue weighted by Gasteiger charge is 2.49. The Hall–Kier alpha value is -4.69. The summed E-state index contributed by atoms with van der Waals surface area (Å²) < 4.78 is 76.4. The highest BCUT2D eigenvalue weighted by atomic mass is 19.4. The van der Waals surface area contributed by atoms with E-state index in [9.17, 15) is 18.0 Å². The number of anilines is 1. The van der Waals surface area contributed by atoms with E-state index in [0.29, 0.717) is 30.8 Å². The molecule has 0 saturated carbocycles. The second-order valence-electron chi connectivity index (χ2n) is 9.89. The molecule has 2 aromatic carbocycles. The standard InChI is InChI=1S/C28H22F4N6O4/c29-19-12-15(35-26-23(42-26)18-13-34-38(24(18)28(30,31)32)16-4-2-1-3-5-16)6-7-20(19)41-21-8-10-33-25-22(21)37(27(39)36-25)17-9-11-40-14-17/h1-8,10,12-13,17,23,26,35H,9,11,14H2,(H,33,36,39). The second-order valence-corrected chi connectivity index (χ2v) is 9.89. The van der Waals surface area contributed by atoms with Crippen molar-refractivity contribution in [1.82, 2.24) is 24.3 Å². The lowest BCUT2D eigenvalue weighted by Gasteiger charge is -2.14. The van der Waals surface area contributed by atoms with Crippen molar-refractivity contribution in [3.63, 3.8) is 0 Å². The van der Waals surface area contributed by atoms with Gasteiger partial charge in [-0.2, -0.15) is 18.3 Å². The third kappa shape index (κ3) is 4.67. The van der Waals surface area contributed by atoms with E-state index in [-0.39, 0.29) is 40.2 Å². The highest BCUT2D eigenvalue weighted by Crippen LogP contribution is 2.46. The maximum absolute atomic E-state index is 15.2. The lowest BCUT2D eigenvalue weighted by molar-refractivity contribution is -0.143. The Morgan fingerprint density at radius 2 is 1.93 bits per heavy atom. The van der Waals surface area contributed by atoms with Crippen molar-refractivity contribution in [3.05, 3.63) is 94.5 Å². The number of pyridine rings is 1. The van der Waals surface area contributed by atoms with E-state index in [1.54, 1.807) is 18.2 Å². The summed E-state index contributed by atoms with van der Waals surface area (Å²) >= 11 is 0. The van der Waals surface area contributed by atoms with Crippen LogP contribution in [-0.2, 0) is 15.7 Å². The molecular formula is C28H22F4N6O4. The summed E-state index contributed by atoms with van der Waals surface area (Å²) in [7, 11) is 0. The number of para-hydroxylation sites is 1. The van der Waals surface area contributed by atoms with Gasteiger partial charge in [0.05, 0.1) is 24.5 Å². The molecule has 5 aromatic rings. The molecule has 14 heteroatoms. The molecule has 5 heterocycles. The van der Waals surface area contributed by atoms with Crippen LogP contribution < -0.4 is 15.7 Å². The van der Waals surface area contributed by atoms with E-state index in [1.807, 2.05) is 0 Å². The summed E-state index contributed by atoms with van der Waals surface area (Å²) in [6.07, 6.45) is -3.24. The molecule has 7 rings (SSSR count). The molecule has 0 spiro atoms. The molecule has 0 amide bonds.